The fourth-order valence-electron chi connectivity index (χ4n) is 1.91. The van der Waals surface area contributed by atoms with Crippen LogP contribution < -0.4 is 16.8 Å². The van der Waals surface area contributed by atoms with Crippen LogP contribution in [0.1, 0.15) is 23.3 Å². The maximum atomic E-state index is 12.3. The summed E-state index contributed by atoms with van der Waals surface area (Å²) in [6.45, 7) is 4.38. The van der Waals surface area contributed by atoms with Crippen molar-refractivity contribution < 1.29 is 4.79 Å². The molecule has 0 bridgehead atoms. The fraction of sp³-hybridized carbons (Fsp3) is 0.417. The molecule has 19 heavy (non-hydrogen) atoms. The van der Waals surface area contributed by atoms with Gasteiger partial charge >= 0.3 is 0 Å². The van der Waals surface area contributed by atoms with Crippen molar-refractivity contribution in [3.63, 3.8) is 0 Å². The van der Waals surface area contributed by atoms with Crippen molar-refractivity contribution in [2.24, 2.45) is 5.84 Å². The minimum absolute atomic E-state index is 0.0417. The largest absolute Gasteiger partial charge is 0.299 e. The Labute approximate surface area is 114 Å². The zero-order valence-corrected chi connectivity index (χ0v) is 11.7. The summed E-state index contributed by atoms with van der Waals surface area (Å²) >= 11 is 1.53. The molecular weight excluding hydrogens is 264 g/mol. The fourth-order valence-corrected chi connectivity index (χ4v) is 2.90. The van der Waals surface area contributed by atoms with E-state index in [0.717, 1.165) is 15.3 Å². The molecule has 0 saturated heterocycles. The van der Waals surface area contributed by atoms with Gasteiger partial charge in [-0.05, 0) is 25.8 Å². The van der Waals surface area contributed by atoms with Gasteiger partial charge in [-0.25, -0.2) is 10.8 Å². The monoisotopic (exact) mass is 280 g/mol. The quantitative estimate of drug-likeness (QED) is 0.493. The third kappa shape index (κ3) is 2.66. The maximum Gasteiger partial charge on any atom is 0.262 e. The highest BCUT2D eigenvalue weighted by molar-refractivity contribution is 7.18. The van der Waals surface area contributed by atoms with Gasteiger partial charge in [0.25, 0.3) is 5.56 Å². The molecule has 0 atom stereocenters. The lowest BCUT2D eigenvalue weighted by atomic mass is 10.2. The summed E-state index contributed by atoms with van der Waals surface area (Å²) in [4.78, 5) is 29.5. The first-order valence-corrected chi connectivity index (χ1v) is 6.81. The highest BCUT2D eigenvalue weighted by atomic mass is 32.1. The Morgan fingerprint density at radius 1 is 1.53 bits per heavy atom. The molecule has 0 aliphatic carbocycles. The van der Waals surface area contributed by atoms with Crippen LogP contribution in [0.5, 0.6) is 0 Å². The van der Waals surface area contributed by atoms with E-state index in [4.69, 9.17) is 5.84 Å². The summed E-state index contributed by atoms with van der Waals surface area (Å²) in [7, 11) is 0. The van der Waals surface area contributed by atoms with Crippen LogP contribution in [0, 0.1) is 13.8 Å². The van der Waals surface area contributed by atoms with Crippen molar-refractivity contribution in [3.05, 3.63) is 27.1 Å². The second-order valence-electron chi connectivity index (χ2n) is 4.38. The molecule has 0 unspecified atom stereocenters. The van der Waals surface area contributed by atoms with Gasteiger partial charge in [0.05, 0.1) is 11.7 Å². The number of fused-ring (bicyclic) bond motifs is 1. The van der Waals surface area contributed by atoms with Gasteiger partial charge in [0.2, 0.25) is 5.91 Å². The van der Waals surface area contributed by atoms with Crippen molar-refractivity contribution >= 4 is 27.5 Å². The van der Waals surface area contributed by atoms with Crippen LogP contribution in [0.3, 0.4) is 0 Å². The van der Waals surface area contributed by atoms with E-state index < -0.39 is 0 Å². The Balaban J connectivity index is 2.25. The zero-order valence-electron chi connectivity index (χ0n) is 10.9. The molecule has 0 aromatic carbocycles. The summed E-state index contributed by atoms with van der Waals surface area (Å²) in [5.41, 5.74) is 3.02. The molecule has 0 fully saturated rings. The lowest BCUT2D eigenvalue weighted by molar-refractivity contribution is -0.121. The number of carbonyl (C=O) groups excluding carboxylic acids is 1. The van der Waals surface area contributed by atoms with E-state index in [1.165, 1.54) is 11.3 Å². The minimum atomic E-state index is -0.232. The number of amides is 1. The Morgan fingerprint density at radius 3 is 2.95 bits per heavy atom. The van der Waals surface area contributed by atoms with Crippen LogP contribution in [0.4, 0.5) is 0 Å². The van der Waals surface area contributed by atoms with Gasteiger partial charge in [0, 0.05) is 17.8 Å². The Kier molecular flexibility index (Phi) is 3.96. The van der Waals surface area contributed by atoms with Crippen LogP contribution in [0.15, 0.2) is 11.1 Å². The van der Waals surface area contributed by atoms with Gasteiger partial charge in [-0.1, -0.05) is 0 Å². The molecule has 2 rings (SSSR count). The highest BCUT2D eigenvalue weighted by Crippen LogP contribution is 2.25. The molecule has 2 aromatic heterocycles. The first kappa shape index (κ1) is 13.7. The summed E-state index contributed by atoms with van der Waals surface area (Å²) in [6.07, 6.45) is 2.39. The zero-order chi connectivity index (χ0) is 14.0. The second kappa shape index (κ2) is 5.50. The minimum Gasteiger partial charge on any atom is -0.299 e. The molecule has 2 heterocycles. The molecule has 0 aliphatic heterocycles. The number of hydrazine groups is 1. The van der Waals surface area contributed by atoms with Gasteiger partial charge in [-0.3, -0.25) is 19.6 Å². The predicted molar refractivity (Wildman–Crippen MR) is 74.9 cm³/mol. The summed E-state index contributed by atoms with van der Waals surface area (Å²) < 4.78 is 1.55. The van der Waals surface area contributed by atoms with Crippen LogP contribution in [0.25, 0.3) is 10.2 Å². The third-order valence-corrected chi connectivity index (χ3v) is 4.23. The van der Waals surface area contributed by atoms with Crippen molar-refractivity contribution in [1.29, 1.82) is 0 Å². The molecule has 0 aliphatic rings. The van der Waals surface area contributed by atoms with Crippen molar-refractivity contribution in [3.8, 4) is 0 Å². The molecule has 0 spiro atoms. The maximum absolute atomic E-state index is 12.3. The SMILES string of the molecule is Cc1sc2ncn(CCCC(=O)NN)c(=O)c2c1C. The Morgan fingerprint density at radius 2 is 2.26 bits per heavy atom. The standard InChI is InChI=1S/C12H16N4O2S/c1-7-8(2)19-11-10(7)12(18)16(6-14-11)5-3-4-9(17)15-13/h6H,3-5,13H2,1-2H3,(H,15,17). The van der Waals surface area contributed by atoms with E-state index in [2.05, 4.69) is 10.4 Å². The molecule has 1 amide bonds. The average molecular weight is 280 g/mol. The molecule has 2 aromatic rings. The summed E-state index contributed by atoms with van der Waals surface area (Å²) in [6, 6.07) is 0. The number of rotatable bonds is 4. The number of aryl methyl sites for hydroxylation is 3. The Hall–Kier alpha value is -1.73. The molecule has 6 nitrogen and oxygen atoms in total. The molecule has 3 N–H and O–H groups in total. The molecule has 7 heteroatoms. The highest BCUT2D eigenvalue weighted by Gasteiger charge is 2.11. The number of hydrogen-bond donors (Lipinski definition) is 2. The third-order valence-electron chi connectivity index (χ3n) is 3.12. The van der Waals surface area contributed by atoms with Gasteiger partial charge < -0.3 is 0 Å². The molecule has 0 radical (unpaired) electrons. The van der Waals surface area contributed by atoms with E-state index in [1.54, 1.807) is 10.9 Å². The lowest BCUT2D eigenvalue weighted by Gasteiger charge is -2.05. The smallest absolute Gasteiger partial charge is 0.262 e. The van der Waals surface area contributed by atoms with Crippen molar-refractivity contribution in [2.75, 3.05) is 0 Å². The van der Waals surface area contributed by atoms with E-state index in [9.17, 15) is 9.59 Å². The van der Waals surface area contributed by atoms with Gasteiger partial charge in [-0.2, -0.15) is 0 Å². The second-order valence-corrected chi connectivity index (χ2v) is 5.58. The van der Waals surface area contributed by atoms with Crippen LogP contribution in [0.2, 0.25) is 0 Å². The number of nitrogens with zero attached hydrogens (tertiary/aromatic N) is 2. The number of carbonyl (C=O) groups is 1. The molecular formula is C12H16N4O2S. The summed E-state index contributed by atoms with van der Waals surface area (Å²) in [5.74, 6) is 4.77. The van der Waals surface area contributed by atoms with Crippen LogP contribution >= 0.6 is 11.3 Å². The number of nitrogens with one attached hydrogen (secondary N) is 1. The normalized spacial score (nSPS) is 10.9. The number of nitrogens with two attached hydrogens (primary N) is 1. The van der Waals surface area contributed by atoms with E-state index >= 15 is 0 Å². The first-order chi connectivity index (χ1) is 9.04. The Bertz CT molecular complexity index is 674. The topological polar surface area (TPSA) is 90.0 Å². The van der Waals surface area contributed by atoms with Crippen molar-refractivity contribution in [2.45, 2.75) is 33.2 Å². The van der Waals surface area contributed by atoms with Crippen molar-refractivity contribution in [1.82, 2.24) is 15.0 Å². The predicted octanol–water partition coefficient (Wildman–Crippen LogP) is 0.845. The van der Waals surface area contributed by atoms with E-state index in [1.807, 2.05) is 13.8 Å². The molecule has 0 saturated carbocycles. The number of aromatic nitrogens is 2. The lowest BCUT2D eigenvalue weighted by Crippen LogP contribution is -2.30. The first-order valence-electron chi connectivity index (χ1n) is 5.99. The number of hydrogen-bond acceptors (Lipinski definition) is 5. The van der Waals surface area contributed by atoms with Crippen LogP contribution in [-0.2, 0) is 11.3 Å². The van der Waals surface area contributed by atoms with E-state index in [-0.39, 0.29) is 11.5 Å². The van der Waals surface area contributed by atoms with Gasteiger partial charge in [0.15, 0.2) is 0 Å². The van der Waals surface area contributed by atoms with E-state index in [0.29, 0.717) is 24.8 Å². The molecule has 102 valence electrons. The number of thiophene rings is 1. The average Bonchev–Trinajstić information content (AvgIpc) is 2.68. The van der Waals surface area contributed by atoms with Gasteiger partial charge in [0.1, 0.15) is 4.83 Å². The van der Waals surface area contributed by atoms with Gasteiger partial charge in [-0.15, -0.1) is 11.3 Å². The van der Waals surface area contributed by atoms with Crippen LogP contribution in [-0.4, -0.2) is 15.5 Å². The summed E-state index contributed by atoms with van der Waals surface area (Å²) in [5, 5.41) is 0.688.